The van der Waals surface area contributed by atoms with Crippen LogP contribution in [0.5, 0.6) is 0 Å². The Morgan fingerprint density at radius 1 is 1.61 bits per heavy atom. The van der Waals surface area contributed by atoms with Crippen molar-refractivity contribution in [1.29, 1.82) is 0 Å². The molecule has 2 aromatic rings. The maximum atomic E-state index is 11.7. The van der Waals surface area contributed by atoms with E-state index in [9.17, 15) is 4.79 Å². The Balaban J connectivity index is 1.54. The van der Waals surface area contributed by atoms with Crippen LogP contribution in [-0.2, 0) is 13.0 Å². The number of carbonyl (C=O) groups is 1. The van der Waals surface area contributed by atoms with Gasteiger partial charge in [-0.25, -0.2) is 4.98 Å². The Morgan fingerprint density at radius 3 is 3.39 bits per heavy atom. The molecule has 6 heteroatoms. The number of amides is 1. The average molecular weight is 246 g/mol. The predicted octanol–water partition coefficient (Wildman–Crippen LogP) is 0.863. The van der Waals surface area contributed by atoms with E-state index in [1.54, 1.807) is 6.07 Å². The minimum atomic E-state index is -0.183. The van der Waals surface area contributed by atoms with Crippen LogP contribution >= 0.6 is 0 Å². The molecule has 3 rings (SSSR count). The van der Waals surface area contributed by atoms with Gasteiger partial charge < -0.3 is 14.4 Å². The number of nitrogens with zero attached hydrogens (tertiary/aromatic N) is 3. The number of fused-ring (bicyclic) bond motifs is 1. The Bertz CT molecular complexity index is 532. The van der Waals surface area contributed by atoms with Crippen LogP contribution in [0.25, 0.3) is 0 Å². The fraction of sp³-hybridized carbons (Fsp3) is 0.417. The van der Waals surface area contributed by atoms with E-state index in [4.69, 9.17) is 0 Å². The summed E-state index contributed by atoms with van der Waals surface area (Å²) in [4.78, 5) is 16.0. The molecule has 0 saturated heterocycles. The van der Waals surface area contributed by atoms with Crippen molar-refractivity contribution in [3.8, 4) is 0 Å². The molecule has 1 N–H and O–H groups in total. The van der Waals surface area contributed by atoms with E-state index in [-0.39, 0.29) is 5.91 Å². The maximum absolute atomic E-state index is 11.7. The molecule has 0 saturated carbocycles. The molecule has 94 valence electrons. The van der Waals surface area contributed by atoms with E-state index < -0.39 is 0 Å². The van der Waals surface area contributed by atoms with Gasteiger partial charge in [0, 0.05) is 38.0 Å². The lowest BCUT2D eigenvalue weighted by Crippen LogP contribution is -2.33. The number of aryl methyl sites for hydroxylation is 1. The molecule has 1 unspecified atom stereocenters. The van der Waals surface area contributed by atoms with Crippen LogP contribution in [-0.4, -0.2) is 27.2 Å². The minimum absolute atomic E-state index is 0.183. The molecule has 3 heterocycles. The van der Waals surface area contributed by atoms with E-state index in [1.807, 2.05) is 12.4 Å². The van der Waals surface area contributed by atoms with Gasteiger partial charge in [0.2, 0.25) is 0 Å². The number of aromatic nitrogens is 3. The molecule has 2 aromatic heterocycles. The zero-order valence-electron chi connectivity index (χ0n) is 9.87. The van der Waals surface area contributed by atoms with Crippen molar-refractivity contribution in [1.82, 2.24) is 20.0 Å². The number of carbonyl (C=O) groups excluding carboxylic acids is 1. The van der Waals surface area contributed by atoms with Crippen molar-refractivity contribution >= 4 is 5.91 Å². The van der Waals surface area contributed by atoms with Crippen molar-refractivity contribution in [2.45, 2.75) is 19.4 Å². The maximum Gasteiger partial charge on any atom is 0.273 e. The zero-order valence-corrected chi connectivity index (χ0v) is 9.87. The molecule has 6 nitrogen and oxygen atoms in total. The first-order chi connectivity index (χ1) is 8.83. The van der Waals surface area contributed by atoms with E-state index in [1.165, 1.54) is 6.26 Å². The summed E-state index contributed by atoms with van der Waals surface area (Å²) >= 11 is 0. The Kier molecular flexibility index (Phi) is 2.84. The standard InChI is InChI=1S/C12H14N4O2/c17-12(10-2-6-18-15-10)14-8-9-1-4-16-5-3-13-11(16)7-9/h2-3,5-6,9H,1,4,7-8H2,(H,14,17). The summed E-state index contributed by atoms with van der Waals surface area (Å²) in [5.41, 5.74) is 0.326. The van der Waals surface area contributed by atoms with E-state index in [0.29, 0.717) is 18.2 Å². The molecule has 18 heavy (non-hydrogen) atoms. The van der Waals surface area contributed by atoms with Gasteiger partial charge in [0.1, 0.15) is 12.1 Å². The lowest BCUT2D eigenvalue weighted by atomic mass is 9.98. The van der Waals surface area contributed by atoms with Gasteiger partial charge in [0.25, 0.3) is 5.91 Å². The molecule has 1 aliphatic heterocycles. The number of rotatable bonds is 3. The fourth-order valence-electron chi connectivity index (χ4n) is 2.25. The van der Waals surface area contributed by atoms with Crippen molar-refractivity contribution in [3.63, 3.8) is 0 Å². The van der Waals surface area contributed by atoms with Crippen LogP contribution in [0.1, 0.15) is 22.7 Å². The molecule has 0 spiro atoms. The number of imidazole rings is 1. The van der Waals surface area contributed by atoms with Crippen molar-refractivity contribution in [3.05, 3.63) is 36.2 Å². The number of hydrogen-bond acceptors (Lipinski definition) is 4. The zero-order chi connectivity index (χ0) is 12.4. The van der Waals surface area contributed by atoms with Gasteiger partial charge in [-0.15, -0.1) is 0 Å². The Labute approximate surface area is 104 Å². The SMILES string of the molecule is O=C(NCC1CCn2ccnc2C1)c1ccon1. The van der Waals surface area contributed by atoms with Gasteiger partial charge in [-0.2, -0.15) is 0 Å². The smallest absolute Gasteiger partial charge is 0.273 e. The van der Waals surface area contributed by atoms with Crippen LogP contribution in [0.3, 0.4) is 0 Å². The molecule has 1 aliphatic rings. The topological polar surface area (TPSA) is 73.0 Å². The van der Waals surface area contributed by atoms with Crippen LogP contribution in [0.4, 0.5) is 0 Å². The summed E-state index contributed by atoms with van der Waals surface area (Å²) in [5.74, 6) is 1.36. The molecule has 0 radical (unpaired) electrons. The highest BCUT2D eigenvalue weighted by atomic mass is 16.5. The molecule has 0 fully saturated rings. The summed E-state index contributed by atoms with van der Waals surface area (Å²) < 4.78 is 6.80. The van der Waals surface area contributed by atoms with E-state index >= 15 is 0 Å². The van der Waals surface area contributed by atoms with Gasteiger partial charge >= 0.3 is 0 Å². The molecule has 1 amide bonds. The number of hydrogen-bond donors (Lipinski definition) is 1. The predicted molar refractivity (Wildman–Crippen MR) is 62.9 cm³/mol. The lowest BCUT2D eigenvalue weighted by Gasteiger charge is -2.23. The first kappa shape index (κ1) is 11.0. The first-order valence-corrected chi connectivity index (χ1v) is 6.01. The van der Waals surface area contributed by atoms with Gasteiger partial charge in [-0.05, 0) is 12.3 Å². The highest BCUT2D eigenvalue weighted by molar-refractivity contribution is 5.91. The summed E-state index contributed by atoms with van der Waals surface area (Å²) in [6, 6.07) is 1.56. The van der Waals surface area contributed by atoms with E-state index in [0.717, 1.165) is 25.2 Å². The Morgan fingerprint density at radius 2 is 2.56 bits per heavy atom. The van der Waals surface area contributed by atoms with Crippen LogP contribution in [0.15, 0.2) is 29.2 Å². The second-order valence-electron chi connectivity index (χ2n) is 4.49. The molecular formula is C12H14N4O2. The van der Waals surface area contributed by atoms with Crippen molar-refractivity contribution < 1.29 is 9.32 Å². The third-order valence-corrected chi connectivity index (χ3v) is 3.27. The second kappa shape index (κ2) is 4.64. The van der Waals surface area contributed by atoms with Crippen LogP contribution < -0.4 is 5.32 Å². The highest BCUT2D eigenvalue weighted by Gasteiger charge is 2.20. The second-order valence-corrected chi connectivity index (χ2v) is 4.49. The third kappa shape index (κ3) is 2.13. The summed E-state index contributed by atoms with van der Waals surface area (Å²) in [6.07, 6.45) is 7.19. The first-order valence-electron chi connectivity index (χ1n) is 6.01. The van der Waals surface area contributed by atoms with Crippen LogP contribution in [0, 0.1) is 5.92 Å². The Hall–Kier alpha value is -2.11. The summed E-state index contributed by atoms with van der Waals surface area (Å²) in [7, 11) is 0. The highest BCUT2D eigenvalue weighted by Crippen LogP contribution is 2.18. The van der Waals surface area contributed by atoms with Gasteiger partial charge in [-0.1, -0.05) is 5.16 Å². The lowest BCUT2D eigenvalue weighted by molar-refractivity contribution is 0.0935. The van der Waals surface area contributed by atoms with Crippen molar-refractivity contribution in [2.75, 3.05) is 6.54 Å². The molecule has 0 aromatic carbocycles. The summed E-state index contributed by atoms with van der Waals surface area (Å²) in [6.45, 7) is 1.62. The van der Waals surface area contributed by atoms with Gasteiger partial charge in [-0.3, -0.25) is 4.79 Å². The molecule has 0 aliphatic carbocycles. The normalized spacial score (nSPS) is 18.3. The summed E-state index contributed by atoms with van der Waals surface area (Å²) in [5, 5.41) is 6.48. The average Bonchev–Trinajstić information content (AvgIpc) is 3.05. The molecule has 0 bridgehead atoms. The third-order valence-electron chi connectivity index (χ3n) is 3.27. The largest absolute Gasteiger partial charge is 0.364 e. The molecule has 1 atom stereocenters. The van der Waals surface area contributed by atoms with Gasteiger partial charge in [0.05, 0.1) is 0 Å². The fourth-order valence-corrected chi connectivity index (χ4v) is 2.25. The quantitative estimate of drug-likeness (QED) is 0.872. The van der Waals surface area contributed by atoms with E-state index in [2.05, 4.69) is 24.5 Å². The van der Waals surface area contributed by atoms with Gasteiger partial charge in [0.15, 0.2) is 5.69 Å². The minimum Gasteiger partial charge on any atom is -0.364 e. The van der Waals surface area contributed by atoms with Crippen LogP contribution in [0.2, 0.25) is 0 Å². The monoisotopic (exact) mass is 246 g/mol. The number of nitrogens with one attached hydrogen (secondary N) is 1. The molecular weight excluding hydrogens is 232 g/mol. The van der Waals surface area contributed by atoms with Crippen molar-refractivity contribution in [2.24, 2.45) is 5.92 Å².